The van der Waals surface area contributed by atoms with E-state index in [1.807, 2.05) is 36.7 Å². The number of carbonyl (C=O) groups excluding carboxylic acids is 1. The van der Waals surface area contributed by atoms with Crippen LogP contribution in [0.2, 0.25) is 0 Å². The van der Waals surface area contributed by atoms with Crippen LogP contribution in [0.5, 0.6) is 0 Å². The molecule has 10 heteroatoms. The van der Waals surface area contributed by atoms with Crippen molar-refractivity contribution in [3.8, 4) is 0 Å². The average Bonchev–Trinajstić information content (AvgIpc) is 3.10. The van der Waals surface area contributed by atoms with Gasteiger partial charge in [-0.25, -0.2) is 0 Å². The Labute approximate surface area is 169 Å². The Morgan fingerprint density at radius 2 is 1.96 bits per heavy atom. The topological polar surface area (TPSA) is 108 Å². The SMILES string of the molecule is Cc1cc([N+](=O)[O-])n(CC(=O)Nc2cccc(Cn3nc(C)c(Br)c3C)c2)n1. The molecule has 3 rings (SSSR count). The van der Waals surface area contributed by atoms with Gasteiger partial charge in [0.05, 0.1) is 34.2 Å². The summed E-state index contributed by atoms with van der Waals surface area (Å²) in [6.07, 6.45) is 0. The number of nitrogens with zero attached hydrogens (tertiary/aromatic N) is 5. The Kier molecular flexibility index (Phi) is 5.59. The molecular weight excluding hydrogens is 428 g/mol. The predicted molar refractivity (Wildman–Crippen MR) is 107 cm³/mol. The molecule has 0 saturated heterocycles. The van der Waals surface area contributed by atoms with Crippen LogP contribution in [-0.4, -0.2) is 30.4 Å². The first-order chi connectivity index (χ1) is 13.2. The molecule has 2 heterocycles. The summed E-state index contributed by atoms with van der Waals surface area (Å²) < 4.78 is 3.95. The van der Waals surface area contributed by atoms with Crippen molar-refractivity contribution in [2.75, 3.05) is 5.32 Å². The molecule has 0 radical (unpaired) electrons. The lowest BCUT2D eigenvalue weighted by Gasteiger charge is -2.08. The van der Waals surface area contributed by atoms with Crippen molar-refractivity contribution in [3.63, 3.8) is 0 Å². The molecule has 3 aromatic rings. The van der Waals surface area contributed by atoms with Crippen LogP contribution in [0.15, 0.2) is 34.8 Å². The fourth-order valence-electron chi connectivity index (χ4n) is 2.88. The number of nitro groups is 1. The predicted octanol–water partition coefficient (Wildman–Crippen LogP) is 3.36. The van der Waals surface area contributed by atoms with Crippen LogP contribution in [0.25, 0.3) is 0 Å². The Hall–Kier alpha value is -3.01. The lowest BCUT2D eigenvalue weighted by molar-refractivity contribution is -0.392. The number of benzene rings is 1. The first-order valence-corrected chi connectivity index (χ1v) is 9.31. The number of nitrogens with one attached hydrogen (secondary N) is 1. The lowest BCUT2D eigenvalue weighted by atomic mass is 10.2. The summed E-state index contributed by atoms with van der Waals surface area (Å²) in [5, 5.41) is 22.3. The third-order valence-corrected chi connectivity index (χ3v) is 5.35. The molecule has 2 aromatic heterocycles. The fraction of sp³-hybridized carbons (Fsp3) is 0.278. The van der Waals surface area contributed by atoms with Crippen molar-refractivity contribution < 1.29 is 9.72 Å². The molecule has 1 amide bonds. The fourth-order valence-corrected chi connectivity index (χ4v) is 3.17. The highest BCUT2D eigenvalue weighted by molar-refractivity contribution is 9.10. The zero-order valence-corrected chi connectivity index (χ0v) is 17.2. The van der Waals surface area contributed by atoms with Gasteiger partial charge in [-0.2, -0.15) is 5.10 Å². The van der Waals surface area contributed by atoms with E-state index in [1.165, 1.54) is 6.07 Å². The van der Waals surface area contributed by atoms with E-state index < -0.39 is 10.8 Å². The molecule has 1 aromatic carbocycles. The molecule has 0 atom stereocenters. The van der Waals surface area contributed by atoms with Crippen LogP contribution >= 0.6 is 15.9 Å². The van der Waals surface area contributed by atoms with Gasteiger partial charge in [-0.3, -0.25) is 9.48 Å². The number of hydrogen-bond acceptors (Lipinski definition) is 5. The second kappa shape index (κ2) is 7.93. The Morgan fingerprint density at radius 3 is 2.61 bits per heavy atom. The molecule has 0 aliphatic rings. The van der Waals surface area contributed by atoms with Gasteiger partial charge < -0.3 is 15.4 Å². The minimum absolute atomic E-state index is 0.212. The van der Waals surface area contributed by atoms with Gasteiger partial charge >= 0.3 is 5.82 Å². The van der Waals surface area contributed by atoms with Gasteiger partial charge in [0.2, 0.25) is 0 Å². The largest absolute Gasteiger partial charge is 0.358 e. The van der Waals surface area contributed by atoms with Crippen molar-refractivity contribution in [1.29, 1.82) is 0 Å². The molecule has 0 bridgehead atoms. The molecule has 0 unspecified atom stereocenters. The smallest absolute Gasteiger partial charge is 0.345 e. The number of aryl methyl sites for hydroxylation is 2. The van der Waals surface area contributed by atoms with Gasteiger partial charge in [-0.05, 0) is 59.3 Å². The Bertz CT molecular complexity index is 1060. The summed E-state index contributed by atoms with van der Waals surface area (Å²) in [6, 6.07) is 8.74. The van der Waals surface area contributed by atoms with E-state index in [0.717, 1.165) is 26.1 Å². The second-order valence-electron chi connectivity index (χ2n) is 6.45. The second-order valence-corrected chi connectivity index (χ2v) is 7.24. The van der Waals surface area contributed by atoms with Crippen molar-refractivity contribution in [3.05, 3.63) is 67.6 Å². The van der Waals surface area contributed by atoms with Crippen LogP contribution in [0, 0.1) is 30.9 Å². The van der Waals surface area contributed by atoms with Crippen molar-refractivity contribution >= 4 is 33.3 Å². The Balaban J connectivity index is 1.71. The maximum Gasteiger partial charge on any atom is 0.345 e. The zero-order chi connectivity index (χ0) is 20.4. The van der Waals surface area contributed by atoms with Crippen molar-refractivity contribution in [2.24, 2.45) is 0 Å². The van der Waals surface area contributed by atoms with Gasteiger partial charge in [0.1, 0.15) is 0 Å². The first kappa shape index (κ1) is 19.7. The lowest BCUT2D eigenvalue weighted by Crippen LogP contribution is -2.20. The average molecular weight is 447 g/mol. The van der Waals surface area contributed by atoms with Crippen LogP contribution in [0.3, 0.4) is 0 Å². The molecule has 0 saturated carbocycles. The van der Waals surface area contributed by atoms with E-state index in [-0.39, 0.29) is 12.4 Å². The monoisotopic (exact) mass is 446 g/mol. The quantitative estimate of drug-likeness (QED) is 0.461. The molecule has 28 heavy (non-hydrogen) atoms. The molecule has 146 valence electrons. The van der Waals surface area contributed by atoms with Crippen LogP contribution in [0.4, 0.5) is 11.5 Å². The summed E-state index contributed by atoms with van der Waals surface area (Å²) in [5.74, 6) is -0.603. The molecule has 9 nitrogen and oxygen atoms in total. The number of hydrogen-bond donors (Lipinski definition) is 1. The normalized spacial score (nSPS) is 10.9. The third-order valence-electron chi connectivity index (χ3n) is 4.20. The number of carbonyl (C=O) groups is 1. The van der Waals surface area contributed by atoms with Crippen LogP contribution in [-0.2, 0) is 17.9 Å². The van der Waals surface area contributed by atoms with E-state index in [4.69, 9.17) is 0 Å². The molecular formula is C18H19BrN6O3. The minimum atomic E-state index is -0.555. The van der Waals surface area contributed by atoms with Crippen molar-refractivity contribution in [2.45, 2.75) is 33.9 Å². The number of halogens is 1. The van der Waals surface area contributed by atoms with Gasteiger partial charge in [0.15, 0.2) is 6.54 Å². The van der Waals surface area contributed by atoms with Crippen LogP contribution in [0.1, 0.15) is 22.6 Å². The van der Waals surface area contributed by atoms with E-state index >= 15 is 0 Å². The Morgan fingerprint density at radius 1 is 1.21 bits per heavy atom. The minimum Gasteiger partial charge on any atom is -0.358 e. The number of aromatic nitrogens is 4. The number of amides is 1. The molecule has 1 N–H and O–H groups in total. The highest BCUT2D eigenvalue weighted by atomic mass is 79.9. The van der Waals surface area contributed by atoms with Gasteiger partial charge in [0.25, 0.3) is 5.91 Å². The van der Waals surface area contributed by atoms with E-state index in [2.05, 4.69) is 31.4 Å². The van der Waals surface area contributed by atoms with E-state index in [0.29, 0.717) is 17.9 Å². The number of anilines is 1. The highest BCUT2D eigenvalue weighted by Crippen LogP contribution is 2.21. The van der Waals surface area contributed by atoms with Crippen molar-refractivity contribution in [1.82, 2.24) is 19.6 Å². The van der Waals surface area contributed by atoms with Gasteiger partial charge in [-0.1, -0.05) is 17.2 Å². The molecule has 0 aliphatic carbocycles. The number of rotatable bonds is 6. The maximum atomic E-state index is 12.3. The molecule has 0 fully saturated rings. The maximum absolute atomic E-state index is 12.3. The standard InChI is InChI=1S/C18H19BrN6O3/c1-11-7-17(25(27)28)24(21-11)10-16(26)20-15-6-4-5-14(8-15)9-23-13(3)18(19)12(2)22-23/h4-8H,9-10H2,1-3H3,(H,20,26). The zero-order valence-electron chi connectivity index (χ0n) is 15.6. The summed E-state index contributed by atoms with van der Waals surface area (Å²) in [5.41, 5.74) is 4.00. The van der Waals surface area contributed by atoms with Crippen LogP contribution < -0.4 is 5.32 Å². The summed E-state index contributed by atoms with van der Waals surface area (Å²) in [7, 11) is 0. The summed E-state index contributed by atoms with van der Waals surface area (Å²) in [4.78, 5) is 22.8. The molecule has 0 aliphatic heterocycles. The highest BCUT2D eigenvalue weighted by Gasteiger charge is 2.19. The third kappa shape index (κ3) is 4.28. The van der Waals surface area contributed by atoms with E-state index in [1.54, 1.807) is 13.0 Å². The summed E-state index contributed by atoms with van der Waals surface area (Å²) in [6.45, 7) is 5.88. The van der Waals surface area contributed by atoms with Gasteiger partial charge in [0, 0.05) is 5.69 Å². The summed E-state index contributed by atoms with van der Waals surface area (Å²) >= 11 is 3.51. The van der Waals surface area contributed by atoms with Gasteiger partial charge in [-0.15, -0.1) is 4.68 Å². The van der Waals surface area contributed by atoms with E-state index in [9.17, 15) is 14.9 Å². The first-order valence-electron chi connectivity index (χ1n) is 8.51. The molecule has 0 spiro atoms.